The van der Waals surface area contributed by atoms with Crippen LogP contribution in [0.15, 0.2) is 0 Å². The molecule has 2 N–H and O–H groups in total. The molecule has 0 aromatic carbocycles. The quantitative estimate of drug-likeness (QED) is 0.721. The van der Waals surface area contributed by atoms with E-state index in [0.29, 0.717) is 6.04 Å². The highest BCUT2D eigenvalue weighted by Crippen LogP contribution is 2.31. The zero-order valence-corrected chi connectivity index (χ0v) is 10.2. The number of rotatable bonds is 4. The lowest BCUT2D eigenvalue weighted by atomic mass is 9.96. The van der Waals surface area contributed by atoms with Crippen molar-refractivity contribution in [3.05, 3.63) is 0 Å². The maximum Gasteiger partial charge on any atom is 0.166 e. The van der Waals surface area contributed by atoms with Gasteiger partial charge in [0.15, 0.2) is 5.11 Å². The molecule has 0 bridgehead atoms. The Kier molecular flexibility index (Phi) is 4.24. The zero-order chi connectivity index (χ0) is 10.5. The molecule has 0 spiro atoms. The van der Waals surface area contributed by atoms with Crippen LogP contribution in [0.2, 0.25) is 0 Å². The van der Waals surface area contributed by atoms with Gasteiger partial charge in [-0.25, -0.2) is 0 Å². The lowest BCUT2D eigenvalue weighted by Crippen LogP contribution is -2.43. The molecule has 2 nitrogen and oxygen atoms in total. The first-order chi connectivity index (χ1) is 7.34. The van der Waals surface area contributed by atoms with Gasteiger partial charge in [-0.3, -0.25) is 0 Å². The summed E-state index contributed by atoms with van der Waals surface area (Å²) in [6, 6.07) is 0.639. The van der Waals surface area contributed by atoms with Crippen LogP contribution in [0.1, 0.15) is 51.4 Å². The highest BCUT2D eigenvalue weighted by Gasteiger charge is 2.20. The molecule has 3 heteroatoms. The standard InChI is InChI=1S/C12H22N2S/c15-12(13-9-8-10-6-7-10)14-11-4-2-1-3-5-11/h10-11H,1-9H2,(H2,13,14,15). The van der Waals surface area contributed by atoms with Gasteiger partial charge in [0, 0.05) is 12.6 Å². The molecule has 0 aromatic rings. The Morgan fingerprint density at radius 2 is 1.80 bits per heavy atom. The average molecular weight is 226 g/mol. The fraction of sp³-hybridized carbons (Fsp3) is 0.917. The molecule has 2 fully saturated rings. The van der Waals surface area contributed by atoms with Crippen molar-refractivity contribution in [2.75, 3.05) is 6.54 Å². The van der Waals surface area contributed by atoms with E-state index in [-0.39, 0.29) is 0 Å². The minimum absolute atomic E-state index is 0.639. The number of hydrogen-bond acceptors (Lipinski definition) is 1. The van der Waals surface area contributed by atoms with E-state index in [1.165, 1.54) is 51.4 Å². The zero-order valence-electron chi connectivity index (χ0n) is 9.43. The highest BCUT2D eigenvalue weighted by atomic mass is 32.1. The van der Waals surface area contributed by atoms with E-state index in [0.717, 1.165) is 17.6 Å². The molecule has 0 saturated heterocycles. The summed E-state index contributed by atoms with van der Waals surface area (Å²) in [6.07, 6.45) is 10.9. The van der Waals surface area contributed by atoms with E-state index >= 15 is 0 Å². The second-order valence-electron chi connectivity index (χ2n) is 4.97. The lowest BCUT2D eigenvalue weighted by Gasteiger charge is -2.24. The molecule has 0 aromatic heterocycles. The summed E-state index contributed by atoms with van der Waals surface area (Å²) in [5.41, 5.74) is 0. The van der Waals surface area contributed by atoms with Crippen LogP contribution in [0, 0.1) is 5.92 Å². The van der Waals surface area contributed by atoms with Crippen LogP contribution < -0.4 is 10.6 Å². The van der Waals surface area contributed by atoms with Gasteiger partial charge >= 0.3 is 0 Å². The van der Waals surface area contributed by atoms with Crippen molar-refractivity contribution in [1.29, 1.82) is 0 Å². The van der Waals surface area contributed by atoms with E-state index in [2.05, 4.69) is 10.6 Å². The lowest BCUT2D eigenvalue weighted by molar-refractivity contribution is 0.412. The van der Waals surface area contributed by atoms with Gasteiger partial charge in [0.2, 0.25) is 0 Å². The Balaban J connectivity index is 1.54. The fourth-order valence-electron chi connectivity index (χ4n) is 2.28. The van der Waals surface area contributed by atoms with Gasteiger partial charge in [-0.05, 0) is 37.4 Å². The van der Waals surface area contributed by atoms with Crippen molar-refractivity contribution in [3.8, 4) is 0 Å². The van der Waals surface area contributed by atoms with Crippen LogP contribution in [0.3, 0.4) is 0 Å². The second-order valence-corrected chi connectivity index (χ2v) is 5.38. The predicted octanol–water partition coefficient (Wildman–Crippen LogP) is 2.58. The van der Waals surface area contributed by atoms with Gasteiger partial charge in [0.1, 0.15) is 0 Å². The van der Waals surface area contributed by atoms with Gasteiger partial charge in [0.05, 0.1) is 0 Å². The van der Waals surface area contributed by atoms with Crippen molar-refractivity contribution in [3.63, 3.8) is 0 Å². The maximum absolute atomic E-state index is 5.29. The first-order valence-electron chi connectivity index (χ1n) is 6.39. The van der Waals surface area contributed by atoms with E-state index in [9.17, 15) is 0 Å². The minimum atomic E-state index is 0.639. The summed E-state index contributed by atoms with van der Waals surface area (Å²) < 4.78 is 0. The van der Waals surface area contributed by atoms with Gasteiger partial charge in [-0.1, -0.05) is 32.1 Å². The molecule has 0 atom stereocenters. The molecule has 0 heterocycles. The third-order valence-electron chi connectivity index (χ3n) is 3.48. The van der Waals surface area contributed by atoms with Crippen LogP contribution >= 0.6 is 12.2 Å². The van der Waals surface area contributed by atoms with E-state index in [4.69, 9.17) is 12.2 Å². The van der Waals surface area contributed by atoms with Gasteiger partial charge in [-0.2, -0.15) is 0 Å². The molecular formula is C12H22N2S. The Bertz CT molecular complexity index is 208. The average Bonchev–Trinajstić information content (AvgIpc) is 3.03. The second kappa shape index (κ2) is 5.69. The van der Waals surface area contributed by atoms with Crippen molar-refractivity contribution in [2.24, 2.45) is 5.92 Å². The molecule has 0 aliphatic heterocycles. The largest absolute Gasteiger partial charge is 0.363 e. The molecule has 86 valence electrons. The molecule has 0 radical (unpaired) electrons. The summed E-state index contributed by atoms with van der Waals surface area (Å²) >= 11 is 5.29. The number of thiocarbonyl (C=S) groups is 1. The van der Waals surface area contributed by atoms with Crippen LogP contribution in [-0.2, 0) is 0 Å². The molecular weight excluding hydrogens is 204 g/mol. The Labute approximate surface area is 98.2 Å². The normalized spacial score (nSPS) is 22.4. The predicted molar refractivity (Wildman–Crippen MR) is 68.0 cm³/mol. The maximum atomic E-state index is 5.29. The van der Waals surface area contributed by atoms with E-state index in [1.807, 2.05) is 0 Å². The first kappa shape index (κ1) is 11.2. The van der Waals surface area contributed by atoms with Crippen LogP contribution in [0.4, 0.5) is 0 Å². The van der Waals surface area contributed by atoms with Crippen molar-refractivity contribution in [1.82, 2.24) is 10.6 Å². The van der Waals surface area contributed by atoms with Crippen LogP contribution in [-0.4, -0.2) is 17.7 Å². The number of nitrogens with one attached hydrogen (secondary N) is 2. The molecule has 2 aliphatic rings. The third kappa shape index (κ3) is 4.37. The highest BCUT2D eigenvalue weighted by molar-refractivity contribution is 7.80. The van der Waals surface area contributed by atoms with Gasteiger partial charge < -0.3 is 10.6 Å². The van der Waals surface area contributed by atoms with Crippen LogP contribution in [0.5, 0.6) is 0 Å². The molecule has 15 heavy (non-hydrogen) atoms. The Morgan fingerprint density at radius 3 is 2.47 bits per heavy atom. The fourth-order valence-corrected chi connectivity index (χ4v) is 2.55. The molecule has 0 amide bonds. The van der Waals surface area contributed by atoms with E-state index in [1.54, 1.807) is 0 Å². The monoisotopic (exact) mass is 226 g/mol. The SMILES string of the molecule is S=C(NCCC1CC1)NC1CCCCC1. The summed E-state index contributed by atoms with van der Waals surface area (Å²) in [4.78, 5) is 0. The van der Waals surface area contributed by atoms with Crippen molar-refractivity contribution in [2.45, 2.75) is 57.4 Å². The minimum Gasteiger partial charge on any atom is -0.363 e. The van der Waals surface area contributed by atoms with Crippen molar-refractivity contribution < 1.29 is 0 Å². The van der Waals surface area contributed by atoms with E-state index < -0.39 is 0 Å². The molecule has 2 aliphatic carbocycles. The third-order valence-corrected chi connectivity index (χ3v) is 3.74. The van der Waals surface area contributed by atoms with Gasteiger partial charge in [-0.15, -0.1) is 0 Å². The molecule has 0 unspecified atom stereocenters. The van der Waals surface area contributed by atoms with Crippen molar-refractivity contribution >= 4 is 17.3 Å². The number of hydrogen-bond donors (Lipinski definition) is 2. The summed E-state index contributed by atoms with van der Waals surface area (Å²) in [7, 11) is 0. The summed E-state index contributed by atoms with van der Waals surface area (Å²) in [5.74, 6) is 0.995. The molecule has 2 rings (SSSR count). The van der Waals surface area contributed by atoms with Gasteiger partial charge in [0.25, 0.3) is 0 Å². The van der Waals surface area contributed by atoms with Crippen LogP contribution in [0.25, 0.3) is 0 Å². The Hall–Kier alpha value is -0.310. The smallest absolute Gasteiger partial charge is 0.166 e. The summed E-state index contributed by atoms with van der Waals surface area (Å²) in [5, 5.41) is 7.63. The first-order valence-corrected chi connectivity index (χ1v) is 6.80. The molecule has 2 saturated carbocycles. The topological polar surface area (TPSA) is 24.1 Å². The summed E-state index contributed by atoms with van der Waals surface area (Å²) in [6.45, 7) is 1.06. The Morgan fingerprint density at radius 1 is 1.07 bits per heavy atom.